The van der Waals surface area contributed by atoms with Gasteiger partial charge in [-0.25, -0.2) is 4.79 Å². The SMILES string of the molecule is COC(=O)C(C)(O)CN(C)Cc1ccsc1. The second-order valence-corrected chi connectivity index (χ2v) is 4.85. The lowest BCUT2D eigenvalue weighted by Crippen LogP contribution is -2.46. The summed E-state index contributed by atoms with van der Waals surface area (Å²) in [5, 5.41) is 13.9. The van der Waals surface area contributed by atoms with E-state index < -0.39 is 11.6 Å². The van der Waals surface area contributed by atoms with Gasteiger partial charge in [-0.2, -0.15) is 11.3 Å². The Bertz CT molecular complexity index is 335. The second kappa shape index (κ2) is 5.43. The summed E-state index contributed by atoms with van der Waals surface area (Å²) in [7, 11) is 3.13. The fourth-order valence-electron chi connectivity index (χ4n) is 1.56. The van der Waals surface area contributed by atoms with Crippen molar-refractivity contribution in [2.24, 2.45) is 0 Å². The van der Waals surface area contributed by atoms with Gasteiger partial charge in [0.2, 0.25) is 0 Å². The van der Waals surface area contributed by atoms with Gasteiger partial charge in [-0.1, -0.05) is 0 Å². The highest BCUT2D eigenvalue weighted by atomic mass is 32.1. The minimum Gasteiger partial charge on any atom is -0.467 e. The van der Waals surface area contributed by atoms with Crippen molar-refractivity contribution >= 4 is 17.3 Å². The maximum atomic E-state index is 11.3. The van der Waals surface area contributed by atoms with Crippen molar-refractivity contribution in [2.45, 2.75) is 19.1 Å². The van der Waals surface area contributed by atoms with Crippen LogP contribution in [-0.2, 0) is 16.1 Å². The van der Waals surface area contributed by atoms with Gasteiger partial charge in [0.05, 0.1) is 7.11 Å². The van der Waals surface area contributed by atoms with Crippen LogP contribution in [0, 0.1) is 0 Å². The minimum atomic E-state index is -1.46. The Labute approximate surface area is 99.5 Å². The van der Waals surface area contributed by atoms with Gasteiger partial charge in [-0.15, -0.1) is 0 Å². The van der Waals surface area contributed by atoms with Crippen molar-refractivity contribution in [3.05, 3.63) is 22.4 Å². The number of methoxy groups -OCH3 is 1. The van der Waals surface area contributed by atoms with Crippen LogP contribution >= 0.6 is 11.3 Å². The molecule has 16 heavy (non-hydrogen) atoms. The number of nitrogens with zero attached hydrogens (tertiary/aromatic N) is 1. The smallest absolute Gasteiger partial charge is 0.338 e. The average Bonchev–Trinajstić information content (AvgIpc) is 2.67. The monoisotopic (exact) mass is 243 g/mol. The van der Waals surface area contributed by atoms with Gasteiger partial charge < -0.3 is 9.84 Å². The van der Waals surface area contributed by atoms with Gasteiger partial charge in [0, 0.05) is 13.1 Å². The first-order chi connectivity index (χ1) is 7.45. The van der Waals surface area contributed by atoms with E-state index >= 15 is 0 Å². The molecule has 0 aliphatic carbocycles. The number of ether oxygens (including phenoxy) is 1. The molecule has 1 rings (SSSR count). The molecule has 1 unspecified atom stereocenters. The third-order valence-electron chi connectivity index (χ3n) is 2.24. The van der Waals surface area contributed by atoms with E-state index in [-0.39, 0.29) is 6.54 Å². The molecular weight excluding hydrogens is 226 g/mol. The molecule has 0 radical (unpaired) electrons. The molecule has 0 aliphatic heterocycles. The number of carbonyl (C=O) groups excluding carboxylic acids is 1. The Balaban J connectivity index is 2.50. The van der Waals surface area contributed by atoms with Crippen molar-refractivity contribution in [3.63, 3.8) is 0 Å². The van der Waals surface area contributed by atoms with E-state index in [2.05, 4.69) is 4.74 Å². The normalized spacial score (nSPS) is 14.8. The van der Waals surface area contributed by atoms with E-state index in [4.69, 9.17) is 0 Å². The van der Waals surface area contributed by atoms with E-state index in [9.17, 15) is 9.90 Å². The van der Waals surface area contributed by atoms with Crippen LogP contribution in [0.1, 0.15) is 12.5 Å². The zero-order chi connectivity index (χ0) is 12.2. The maximum Gasteiger partial charge on any atom is 0.338 e. The Kier molecular flexibility index (Phi) is 4.46. The van der Waals surface area contributed by atoms with E-state index in [1.54, 1.807) is 11.3 Å². The molecule has 0 saturated heterocycles. The van der Waals surface area contributed by atoms with Crippen LogP contribution in [0.4, 0.5) is 0 Å². The lowest BCUT2D eigenvalue weighted by molar-refractivity contribution is -0.162. The minimum absolute atomic E-state index is 0.246. The fraction of sp³-hybridized carbons (Fsp3) is 0.545. The third kappa shape index (κ3) is 3.59. The van der Waals surface area contributed by atoms with Crippen LogP contribution < -0.4 is 0 Å². The molecule has 1 aromatic heterocycles. The van der Waals surface area contributed by atoms with Crippen LogP contribution in [0.3, 0.4) is 0 Å². The Morgan fingerprint density at radius 1 is 1.69 bits per heavy atom. The first-order valence-corrected chi connectivity index (χ1v) is 5.90. The standard InChI is InChI=1S/C11H17NO3S/c1-11(14,10(13)15-3)8-12(2)6-9-4-5-16-7-9/h4-5,7,14H,6,8H2,1-3H3. The Morgan fingerprint density at radius 3 is 2.88 bits per heavy atom. The lowest BCUT2D eigenvalue weighted by atomic mass is 10.1. The molecule has 0 amide bonds. The van der Waals surface area contributed by atoms with E-state index in [1.807, 2.05) is 28.8 Å². The molecular formula is C11H17NO3S. The molecule has 0 aliphatic rings. The van der Waals surface area contributed by atoms with E-state index in [1.165, 1.54) is 19.6 Å². The first kappa shape index (κ1) is 13.2. The molecule has 1 N–H and O–H groups in total. The largest absolute Gasteiger partial charge is 0.467 e. The average molecular weight is 243 g/mol. The predicted molar refractivity (Wildman–Crippen MR) is 63.3 cm³/mol. The van der Waals surface area contributed by atoms with E-state index in [0.29, 0.717) is 6.54 Å². The molecule has 0 bridgehead atoms. The van der Waals surface area contributed by atoms with Gasteiger partial charge in [0.15, 0.2) is 5.60 Å². The molecule has 4 nitrogen and oxygen atoms in total. The number of hydrogen-bond donors (Lipinski definition) is 1. The highest BCUT2D eigenvalue weighted by molar-refractivity contribution is 7.07. The van der Waals surface area contributed by atoms with Gasteiger partial charge in [0.1, 0.15) is 0 Å². The summed E-state index contributed by atoms with van der Waals surface area (Å²) in [5.74, 6) is -0.607. The van der Waals surface area contributed by atoms with Crippen LogP contribution in [0.15, 0.2) is 16.8 Å². The van der Waals surface area contributed by atoms with E-state index in [0.717, 1.165) is 0 Å². The molecule has 0 saturated carbocycles. The number of rotatable bonds is 5. The quantitative estimate of drug-likeness (QED) is 0.787. The van der Waals surface area contributed by atoms with Crippen LogP contribution in [-0.4, -0.2) is 42.3 Å². The number of carbonyl (C=O) groups is 1. The summed E-state index contributed by atoms with van der Waals surface area (Å²) in [4.78, 5) is 13.2. The van der Waals surface area contributed by atoms with Crippen molar-refractivity contribution in [2.75, 3.05) is 20.7 Å². The number of esters is 1. The van der Waals surface area contributed by atoms with Crippen LogP contribution in [0.25, 0.3) is 0 Å². The zero-order valence-corrected chi connectivity index (χ0v) is 10.6. The number of thiophene rings is 1. The van der Waals surface area contributed by atoms with Crippen molar-refractivity contribution in [1.29, 1.82) is 0 Å². The highest BCUT2D eigenvalue weighted by Gasteiger charge is 2.32. The third-order valence-corrected chi connectivity index (χ3v) is 2.97. The molecule has 0 fully saturated rings. The number of likely N-dealkylation sites (N-methyl/N-ethyl adjacent to an activating group) is 1. The summed E-state index contributed by atoms with van der Waals surface area (Å²) in [6, 6.07) is 2.02. The Hall–Kier alpha value is -0.910. The van der Waals surface area contributed by atoms with Gasteiger partial charge in [-0.05, 0) is 36.4 Å². The molecule has 1 aromatic rings. The van der Waals surface area contributed by atoms with Gasteiger partial charge >= 0.3 is 5.97 Å². The Morgan fingerprint density at radius 2 is 2.38 bits per heavy atom. The number of hydrogen-bond acceptors (Lipinski definition) is 5. The summed E-state index contributed by atoms with van der Waals surface area (Å²) >= 11 is 1.63. The molecule has 0 spiro atoms. The first-order valence-electron chi connectivity index (χ1n) is 4.96. The highest BCUT2D eigenvalue weighted by Crippen LogP contribution is 2.12. The molecule has 1 atom stereocenters. The van der Waals surface area contributed by atoms with Crippen LogP contribution in [0.2, 0.25) is 0 Å². The molecule has 1 heterocycles. The van der Waals surface area contributed by atoms with Crippen molar-refractivity contribution < 1.29 is 14.6 Å². The van der Waals surface area contributed by atoms with Gasteiger partial charge in [-0.3, -0.25) is 4.90 Å². The molecule has 90 valence electrons. The zero-order valence-electron chi connectivity index (χ0n) is 9.77. The van der Waals surface area contributed by atoms with Gasteiger partial charge in [0.25, 0.3) is 0 Å². The number of aliphatic hydroxyl groups is 1. The molecule has 0 aromatic carbocycles. The fourth-order valence-corrected chi connectivity index (χ4v) is 2.22. The summed E-state index contributed by atoms with van der Waals surface area (Å²) < 4.78 is 4.54. The topological polar surface area (TPSA) is 49.8 Å². The predicted octanol–water partition coefficient (Wildman–Crippen LogP) is 1.10. The maximum absolute atomic E-state index is 11.3. The van der Waals surface area contributed by atoms with Crippen LogP contribution in [0.5, 0.6) is 0 Å². The second-order valence-electron chi connectivity index (χ2n) is 4.07. The van der Waals surface area contributed by atoms with Crippen molar-refractivity contribution in [1.82, 2.24) is 4.90 Å². The molecule has 5 heteroatoms. The summed E-state index contributed by atoms with van der Waals surface area (Å²) in [6.45, 7) is 2.41. The summed E-state index contributed by atoms with van der Waals surface area (Å²) in [6.07, 6.45) is 0. The summed E-state index contributed by atoms with van der Waals surface area (Å²) in [5.41, 5.74) is -0.285. The van der Waals surface area contributed by atoms with Crippen molar-refractivity contribution in [3.8, 4) is 0 Å². The lowest BCUT2D eigenvalue weighted by Gasteiger charge is -2.26.